The third kappa shape index (κ3) is 8.43. The van der Waals surface area contributed by atoms with Crippen molar-refractivity contribution in [1.29, 1.82) is 0 Å². The number of nitrogens with one attached hydrogen (secondary N) is 2. The van der Waals surface area contributed by atoms with Gasteiger partial charge in [-0.05, 0) is 56.7 Å². The lowest BCUT2D eigenvalue weighted by atomic mass is 10.0. The average molecular weight is 431 g/mol. The normalized spacial score (nSPS) is 21.2. The zero-order chi connectivity index (χ0) is 21.7. The van der Waals surface area contributed by atoms with Crippen molar-refractivity contribution in [3.8, 4) is 0 Å². The molecule has 0 spiro atoms. The molecule has 2 N–H and O–H groups in total. The van der Waals surface area contributed by atoms with Gasteiger partial charge in [-0.3, -0.25) is 4.90 Å². The standard InChI is InChI=1S/C25H42N4O2/c1-3-23-10-5-6-14-29(23)15-13-27-25(26-4-2)28-19-21-8-7-9-22(18-21)20-31-24-11-16-30-17-12-24/h7-9,18,23-24H,3-6,10-17,19-20H2,1-2H3,(H2,26,27,28). The monoisotopic (exact) mass is 430 g/mol. The smallest absolute Gasteiger partial charge is 0.191 e. The molecule has 1 aromatic carbocycles. The number of likely N-dealkylation sites (tertiary alicyclic amines) is 1. The van der Waals surface area contributed by atoms with Crippen LogP contribution in [-0.2, 0) is 22.6 Å². The SMILES string of the molecule is CCNC(=NCc1cccc(COC2CCOCC2)c1)NCCN1CCCCC1CC. The van der Waals surface area contributed by atoms with Gasteiger partial charge in [0.1, 0.15) is 0 Å². The van der Waals surface area contributed by atoms with Gasteiger partial charge in [0, 0.05) is 38.9 Å². The van der Waals surface area contributed by atoms with E-state index in [0.717, 1.165) is 57.7 Å². The Morgan fingerprint density at radius 1 is 1.13 bits per heavy atom. The fourth-order valence-electron chi connectivity index (χ4n) is 4.52. The number of hydrogen-bond acceptors (Lipinski definition) is 4. The molecule has 0 aromatic heterocycles. The zero-order valence-corrected chi connectivity index (χ0v) is 19.6. The van der Waals surface area contributed by atoms with Crippen molar-refractivity contribution in [1.82, 2.24) is 15.5 Å². The van der Waals surface area contributed by atoms with Crippen LogP contribution in [0.3, 0.4) is 0 Å². The van der Waals surface area contributed by atoms with Gasteiger partial charge in [-0.15, -0.1) is 0 Å². The van der Waals surface area contributed by atoms with Crippen LogP contribution in [0.4, 0.5) is 0 Å². The highest BCUT2D eigenvalue weighted by atomic mass is 16.5. The Hall–Kier alpha value is -1.63. The van der Waals surface area contributed by atoms with Crippen LogP contribution in [-0.4, -0.2) is 62.4 Å². The zero-order valence-electron chi connectivity index (χ0n) is 19.6. The van der Waals surface area contributed by atoms with Gasteiger partial charge < -0.3 is 20.1 Å². The summed E-state index contributed by atoms with van der Waals surface area (Å²) in [6.45, 7) is 11.5. The van der Waals surface area contributed by atoms with Gasteiger partial charge in [0.05, 0.1) is 19.3 Å². The highest BCUT2D eigenvalue weighted by molar-refractivity contribution is 5.79. The Labute approximate surface area is 188 Å². The molecule has 2 fully saturated rings. The van der Waals surface area contributed by atoms with Crippen molar-refractivity contribution in [2.45, 2.75) is 77.7 Å². The molecule has 3 rings (SSSR count). The van der Waals surface area contributed by atoms with E-state index in [0.29, 0.717) is 19.3 Å². The van der Waals surface area contributed by atoms with Crippen LogP contribution in [0.1, 0.15) is 63.5 Å². The predicted molar refractivity (Wildman–Crippen MR) is 127 cm³/mol. The van der Waals surface area contributed by atoms with Crippen LogP contribution in [0.25, 0.3) is 0 Å². The first kappa shape index (κ1) is 24.0. The number of hydrogen-bond donors (Lipinski definition) is 2. The second kappa shape index (κ2) is 13.7. The van der Waals surface area contributed by atoms with Crippen molar-refractivity contribution in [2.75, 3.05) is 39.4 Å². The molecular formula is C25H42N4O2. The molecule has 174 valence electrons. The van der Waals surface area contributed by atoms with Crippen molar-refractivity contribution in [3.05, 3.63) is 35.4 Å². The van der Waals surface area contributed by atoms with Crippen molar-refractivity contribution < 1.29 is 9.47 Å². The topological polar surface area (TPSA) is 58.1 Å². The van der Waals surface area contributed by atoms with E-state index in [1.165, 1.54) is 43.4 Å². The molecular weight excluding hydrogens is 388 g/mol. The summed E-state index contributed by atoms with van der Waals surface area (Å²) in [6, 6.07) is 9.35. The van der Waals surface area contributed by atoms with Crippen LogP contribution < -0.4 is 10.6 Å². The van der Waals surface area contributed by atoms with Crippen LogP contribution in [0.5, 0.6) is 0 Å². The van der Waals surface area contributed by atoms with Gasteiger partial charge in [0.2, 0.25) is 0 Å². The molecule has 2 heterocycles. The summed E-state index contributed by atoms with van der Waals surface area (Å²) >= 11 is 0. The van der Waals surface area contributed by atoms with E-state index >= 15 is 0 Å². The van der Waals surface area contributed by atoms with E-state index < -0.39 is 0 Å². The molecule has 0 radical (unpaired) electrons. The summed E-state index contributed by atoms with van der Waals surface area (Å²) < 4.78 is 11.5. The molecule has 0 saturated carbocycles. The van der Waals surface area contributed by atoms with Gasteiger partial charge in [0.25, 0.3) is 0 Å². The third-order valence-corrected chi connectivity index (χ3v) is 6.32. The van der Waals surface area contributed by atoms with E-state index in [2.05, 4.69) is 53.6 Å². The van der Waals surface area contributed by atoms with Crippen molar-refractivity contribution in [3.63, 3.8) is 0 Å². The van der Waals surface area contributed by atoms with Crippen molar-refractivity contribution in [2.24, 2.45) is 4.99 Å². The summed E-state index contributed by atoms with van der Waals surface area (Å²) in [6.07, 6.45) is 7.63. The van der Waals surface area contributed by atoms with E-state index in [1.54, 1.807) is 0 Å². The minimum Gasteiger partial charge on any atom is -0.381 e. The molecule has 2 aliphatic rings. The van der Waals surface area contributed by atoms with E-state index in [9.17, 15) is 0 Å². The Morgan fingerprint density at radius 2 is 1.97 bits per heavy atom. The molecule has 0 bridgehead atoms. The lowest BCUT2D eigenvalue weighted by Gasteiger charge is -2.35. The highest BCUT2D eigenvalue weighted by Gasteiger charge is 2.20. The molecule has 1 unspecified atom stereocenters. The molecule has 2 saturated heterocycles. The molecule has 0 aliphatic carbocycles. The van der Waals surface area contributed by atoms with E-state index in [-0.39, 0.29) is 0 Å². The number of rotatable bonds is 10. The maximum Gasteiger partial charge on any atom is 0.191 e. The summed E-state index contributed by atoms with van der Waals surface area (Å²) in [5.41, 5.74) is 2.43. The summed E-state index contributed by atoms with van der Waals surface area (Å²) in [5, 5.41) is 6.91. The third-order valence-electron chi connectivity index (χ3n) is 6.32. The van der Waals surface area contributed by atoms with Crippen molar-refractivity contribution >= 4 is 5.96 Å². The molecule has 0 amide bonds. The maximum absolute atomic E-state index is 6.07. The lowest BCUT2D eigenvalue weighted by Crippen LogP contribution is -2.45. The maximum atomic E-state index is 6.07. The molecule has 1 aromatic rings. The average Bonchev–Trinajstić information content (AvgIpc) is 2.82. The minimum atomic E-state index is 0.326. The number of aliphatic imine (C=N–C) groups is 1. The molecule has 1 atom stereocenters. The Kier molecular flexibility index (Phi) is 10.6. The molecule has 6 nitrogen and oxygen atoms in total. The summed E-state index contributed by atoms with van der Waals surface area (Å²) in [4.78, 5) is 7.46. The quantitative estimate of drug-likeness (QED) is 0.438. The van der Waals surface area contributed by atoms with Gasteiger partial charge >= 0.3 is 0 Å². The first-order valence-corrected chi connectivity index (χ1v) is 12.3. The number of guanidine groups is 1. The second-order valence-electron chi connectivity index (χ2n) is 8.66. The predicted octanol–water partition coefficient (Wildman–Crippen LogP) is 3.70. The van der Waals surface area contributed by atoms with Crippen LogP contribution in [0.15, 0.2) is 29.3 Å². The fourth-order valence-corrected chi connectivity index (χ4v) is 4.52. The van der Waals surface area contributed by atoms with Crippen LogP contribution >= 0.6 is 0 Å². The first-order valence-electron chi connectivity index (χ1n) is 12.3. The number of piperidine rings is 1. The highest BCUT2D eigenvalue weighted by Crippen LogP contribution is 2.18. The second-order valence-corrected chi connectivity index (χ2v) is 8.66. The lowest BCUT2D eigenvalue weighted by molar-refractivity contribution is -0.0390. The van der Waals surface area contributed by atoms with Crippen LogP contribution in [0.2, 0.25) is 0 Å². The van der Waals surface area contributed by atoms with Gasteiger partial charge in [-0.2, -0.15) is 0 Å². The van der Waals surface area contributed by atoms with E-state index in [4.69, 9.17) is 14.5 Å². The molecule has 31 heavy (non-hydrogen) atoms. The van der Waals surface area contributed by atoms with Gasteiger partial charge in [0.15, 0.2) is 5.96 Å². The largest absolute Gasteiger partial charge is 0.381 e. The van der Waals surface area contributed by atoms with Gasteiger partial charge in [-0.1, -0.05) is 37.6 Å². The number of benzene rings is 1. The molecule has 6 heteroatoms. The number of nitrogens with zero attached hydrogens (tertiary/aromatic N) is 2. The molecule has 2 aliphatic heterocycles. The Morgan fingerprint density at radius 3 is 2.77 bits per heavy atom. The summed E-state index contributed by atoms with van der Waals surface area (Å²) in [7, 11) is 0. The Balaban J connectivity index is 1.46. The van der Waals surface area contributed by atoms with E-state index in [1.807, 2.05) is 0 Å². The minimum absolute atomic E-state index is 0.326. The summed E-state index contributed by atoms with van der Waals surface area (Å²) in [5.74, 6) is 0.899. The number of ether oxygens (including phenoxy) is 2. The van der Waals surface area contributed by atoms with Gasteiger partial charge in [-0.25, -0.2) is 4.99 Å². The first-order chi connectivity index (χ1) is 15.3. The van der Waals surface area contributed by atoms with Crippen LogP contribution in [0, 0.1) is 0 Å². The fraction of sp³-hybridized carbons (Fsp3) is 0.720. The Bertz CT molecular complexity index is 661.